The topological polar surface area (TPSA) is 141 Å². The van der Waals surface area contributed by atoms with Gasteiger partial charge in [0.1, 0.15) is 17.7 Å². The Bertz CT molecular complexity index is 1150. The quantitative estimate of drug-likeness (QED) is 0.393. The molecule has 0 aliphatic carbocycles. The standard InChI is InChI=1S/C28H40N4O6/c1-6-17(2)23(26(35)36)31-24(33)18-11-13-32(14-12-18)25(34)22(30-27(37)38-28(3,4)5)15-19-16-29-21-10-8-7-9-20(19)21/h7-10,16-18,22-23,29H,6,11-15H2,1-5H3,(H,30,37)(H,31,33)(H,35,36). The molecular formula is C28H40N4O6. The van der Waals surface area contributed by atoms with Gasteiger partial charge in [0.25, 0.3) is 0 Å². The van der Waals surface area contributed by atoms with Crippen LogP contribution in [-0.4, -0.2) is 69.6 Å². The van der Waals surface area contributed by atoms with E-state index in [1.165, 1.54) is 0 Å². The fourth-order valence-corrected chi connectivity index (χ4v) is 4.71. The zero-order valence-corrected chi connectivity index (χ0v) is 22.9. The number of alkyl carbamates (subject to hydrolysis) is 1. The smallest absolute Gasteiger partial charge is 0.408 e. The Morgan fingerprint density at radius 3 is 2.39 bits per heavy atom. The molecule has 1 saturated heterocycles. The summed E-state index contributed by atoms with van der Waals surface area (Å²) < 4.78 is 5.42. The number of fused-ring (bicyclic) bond motifs is 1. The Labute approximate surface area is 223 Å². The lowest BCUT2D eigenvalue weighted by Crippen LogP contribution is -2.54. The molecule has 1 aliphatic rings. The lowest BCUT2D eigenvalue weighted by molar-refractivity contribution is -0.144. The second-order valence-corrected chi connectivity index (χ2v) is 11.1. The van der Waals surface area contributed by atoms with Crippen LogP contribution in [0.2, 0.25) is 0 Å². The van der Waals surface area contributed by atoms with Crippen LogP contribution in [0.15, 0.2) is 30.5 Å². The molecule has 4 N–H and O–H groups in total. The lowest BCUT2D eigenvalue weighted by Gasteiger charge is -2.34. The molecule has 208 valence electrons. The Morgan fingerprint density at radius 1 is 1.13 bits per heavy atom. The van der Waals surface area contributed by atoms with Gasteiger partial charge in [-0.2, -0.15) is 0 Å². The maximum absolute atomic E-state index is 13.6. The molecule has 2 heterocycles. The number of aliphatic carboxylic acids is 1. The molecule has 3 atom stereocenters. The van der Waals surface area contributed by atoms with E-state index >= 15 is 0 Å². The van der Waals surface area contributed by atoms with Gasteiger partial charge in [-0.1, -0.05) is 38.5 Å². The summed E-state index contributed by atoms with van der Waals surface area (Å²) in [4.78, 5) is 55.5. The van der Waals surface area contributed by atoms with Crippen molar-refractivity contribution in [3.8, 4) is 0 Å². The first-order valence-corrected chi connectivity index (χ1v) is 13.3. The van der Waals surface area contributed by atoms with E-state index in [0.717, 1.165) is 16.5 Å². The van der Waals surface area contributed by atoms with Crippen LogP contribution < -0.4 is 10.6 Å². The van der Waals surface area contributed by atoms with Gasteiger partial charge in [0, 0.05) is 42.5 Å². The van der Waals surface area contributed by atoms with Gasteiger partial charge in [-0.25, -0.2) is 9.59 Å². The van der Waals surface area contributed by atoms with Gasteiger partial charge in [0.15, 0.2) is 0 Å². The summed E-state index contributed by atoms with van der Waals surface area (Å²) in [5.74, 6) is -2.16. The van der Waals surface area contributed by atoms with Gasteiger partial charge in [-0.05, 0) is 51.2 Å². The summed E-state index contributed by atoms with van der Waals surface area (Å²) in [7, 11) is 0. The number of aromatic nitrogens is 1. The Balaban J connectivity index is 1.69. The molecule has 3 rings (SSSR count). The Hall–Kier alpha value is -3.56. The SMILES string of the molecule is CCC(C)C(NC(=O)C1CCN(C(=O)C(Cc2c[nH]c3ccccc23)NC(=O)OC(C)(C)C)CC1)C(=O)O. The Morgan fingerprint density at radius 2 is 1.79 bits per heavy atom. The number of H-pyrrole nitrogens is 1. The molecule has 0 radical (unpaired) electrons. The minimum atomic E-state index is -1.05. The third kappa shape index (κ3) is 7.49. The van der Waals surface area contributed by atoms with Crippen LogP contribution in [0.5, 0.6) is 0 Å². The van der Waals surface area contributed by atoms with Crippen molar-refractivity contribution in [2.24, 2.45) is 11.8 Å². The van der Waals surface area contributed by atoms with Crippen LogP contribution in [0, 0.1) is 11.8 Å². The van der Waals surface area contributed by atoms with E-state index in [4.69, 9.17) is 4.74 Å². The number of amides is 3. The van der Waals surface area contributed by atoms with Gasteiger partial charge in [0.2, 0.25) is 11.8 Å². The number of likely N-dealkylation sites (tertiary alicyclic amines) is 1. The van der Waals surface area contributed by atoms with Crippen LogP contribution in [0.1, 0.15) is 59.4 Å². The van der Waals surface area contributed by atoms with Crippen molar-refractivity contribution in [1.82, 2.24) is 20.5 Å². The van der Waals surface area contributed by atoms with E-state index < -0.39 is 29.7 Å². The van der Waals surface area contributed by atoms with Crippen molar-refractivity contribution >= 4 is 34.8 Å². The number of carboxylic acids is 1. The first-order valence-electron chi connectivity index (χ1n) is 13.3. The monoisotopic (exact) mass is 528 g/mol. The average molecular weight is 529 g/mol. The highest BCUT2D eigenvalue weighted by Gasteiger charge is 2.35. The van der Waals surface area contributed by atoms with Crippen molar-refractivity contribution in [1.29, 1.82) is 0 Å². The second-order valence-electron chi connectivity index (χ2n) is 11.1. The van der Waals surface area contributed by atoms with Crippen molar-refractivity contribution < 1.29 is 29.0 Å². The van der Waals surface area contributed by atoms with Crippen LogP contribution in [-0.2, 0) is 25.5 Å². The number of carbonyl (C=O) groups excluding carboxylic acids is 3. The van der Waals surface area contributed by atoms with Crippen LogP contribution in [0.3, 0.4) is 0 Å². The number of para-hydroxylation sites is 1. The van der Waals surface area contributed by atoms with Crippen LogP contribution >= 0.6 is 0 Å². The van der Waals surface area contributed by atoms with E-state index in [2.05, 4.69) is 15.6 Å². The number of rotatable bonds is 9. The number of nitrogens with one attached hydrogen (secondary N) is 3. The van der Waals surface area contributed by atoms with E-state index in [-0.39, 0.29) is 30.1 Å². The molecule has 1 aromatic heterocycles. The zero-order chi connectivity index (χ0) is 28.0. The Kier molecular flexibility index (Phi) is 9.40. The summed E-state index contributed by atoms with van der Waals surface area (Å²) in [5.41, 5.74) is 1.12. The predicted molar refractivity (Wildman–Crippen MR) is 143 cm³/mol. The van der Waals surface area contributed by atoms with E-state index in [1.807, 2.05) is 37.4 Å². The molecule has 3 unspecified atom stereocenters. The van der Waals surface area contributed by atoms with Crippen molar-refractivity contribution in [2.45, 2.75) is 78.0 Å². The second kappa shape index (κ2) is 12.3. The highest BCUT2D eigenvalue weighted by molar-refractivity contribution is 5.89. The maximum Gasteiger partial charge on any atom is 0.408 e. The molecular weight excluding hydrogens is 488 g/mol. The van der Waals surface area contributed by atoms with Gasteiger partial charge >= 0.3 is 12.1 Å². The minimum absolute atomic E-state index is 0.192. The number of ether oxygens (including phenoxy) is 1. The van der Waals surface area contributed by atoms with Gasteiger partial charge in [-0.3, -0.25) is 9.59 Å². The third-order valence-electron chi connectivity index (χ3n) is 7.04. The van der Waals surface area contributed by atoms with Crippen molar-refractivity contribution in [3.63, 3.8) is 0 Å². The molecule has 1 fully saturated rings. The van der Waals surface area contributed by atoms with Crippen molar-refractivity contribution in [3.05, 3.63) is 36.0 Å². The first-order chi connectivity index (χ1) is 17.9. The number of nitrogens with zero attached hydrogens (tertiary/aromatic N) is 1. The molecule has 0 bridgehead atoms. The molecule has 1 aliphatic heterocycles. The van der Waals surface area contributed by atoms with E-state index in [0.29, 0.717) is 32.4 Å². The molecule has 3 amide bonds. The highest BCUT2D eigenvalue weighted by Crippen LogP contribution is 2.23. The number of benzene rings is 1. The van der Waals surface area contributed by atoms with Gasteiger partial charge in [-0.15, -0.1) is 0 Å². The number of carboxylic acid groups (broad SMARTS) is 1. The lowest BCUT2D eigenvalue weighted by atomic mass is 9.93. The van der Waals surface area contributed by atoms with Crippen LogP contribution in [0.4, 0.5) is 4.79 Å². The molecule has 2 aromatic rings. The van der Waals surface area contributed by atoms with Gasteiger partial charge < -0.3 is 30.4 Å². The number of aromatic amines is 1. The molecule has 38 heavy (non-hydrogen) atoms. The molecule has 0 saturated carbocycles. The first kappa shape index (κ1) is 29.0. The maximum atomic E-state index is 13.6. The number of hydrogen-bond acceptors (Lipinski definition) is 5. The molecule has 1 aromatic carbocycles. The third-order valence-corrected chi connectivity index (χ3v) is 7.04. The predicted octanol–water partition coefficient (Wildman–Crippen LogP) is 3.46. The normalized spacial score (nSPS) is 16.9. The average Bonchev–Trinajstić information content (AvgIpc) is 3.27. The molecule has 10 heteroatoms. The number of carbonyl (C=O) groups is 4. The van der Waals surface area contributed by atoms with Crippen LogP contribution in [0.25, 0.3) is 10.9 Å². The summed E-state index contributed by atoms with van der Waals surface area (Å²) >= 11 is 0. The summed E-state index contributed by atoms with van der Waals surface area (Å²) in [5, 5.41) is 15.9. The largest absolute Gasteiger partial charge is 0.480 e. The number of hydrogen-bond donors (Lipinski definition) is 4. The fraction of sp³-hybridized carbons (Fsp3) is 0.571. The minimum Gasteiger partial charge on any atom is -0.480 e. The fourth-order valence-electron chi connectivity index (χ4n) is 4.71. The number of piperidine rings is 1. The zero-order valence-electron chi connectivity index (χ0n) is 22.9. The molecule has 10 nitrogen and oxygen atoms in total. The van der Waals surface area contributed by atoms with E-state index in [9.17, 15) is 24.3 Å². The molecule has 0 spiro atoms. The van der Waals surface area contributed by atoms with Gasteiger partial charge in [0.05, 0.1) is 0 Å². The summed E-state index contributed by atoms with van der Waals surface area (Å²) in [6.45, 7) is 9.62. The van der Waals surface area contributed by atoms with Crippen molar-refractivity contribution in [2.75, 3.05) is 13.1 Å². The summed E-state index contributed by atoms with van der Waals surface area (Å²) in [6, 6.07) is 5.96. The summed E-state index contributed by atoms with van der Waals surface area (Å²) in [6.07, 6.45) is 2.90. The van der Waals surface area contributed by atoms with E-state index in [1.54, 1.807) is 32.6 Å². The highest BCUT2D eigenvalue weighted by atomic mass is 16.6.